The lowest BCUT2D eigenvalue weighted by Gasteiger charge is -2.12. The Morgan fingerprint density at radius 2 is 1.89 bits per heavy atom. The van der Waals surface area contributed by atoms with E-state index in [9.17, 15) is 0 Å². The molecule has 0 saturated carbocycles. The lowest BCUT2D eigenvalue weighted by molar-refractivity contribution is 1.11. The SMILES string of the molecule is Cc1c(NN)ncnc1Nc1ccc(Cl)cc1Cl. The first-order valence-corrected chi connectivity index (χ1v) is 5.87. The van der Waals surface area contributed by atoms with Crippen LogP contribution >= 0.6 is 23.2 Å². The number of halogens is 2. The summed E-state index contributed by atoms with van der Waals surface area (Å²) in [5.74, 6) is 6.53. The van der Waals surface area contributed by atoms with Gasteiger partial charge in [-0.15, -0.1) is 0 Å². The number of hydrogen-bond acceptors (Lipinski definition) is 5. The third-order valence-electron chi connectivity index (χ3n) is 2.41. The van der Waals surface area contributed by atoms with Crippen molar-refractivity contribution < 1.29 is 0 Å². The Labute approximate surface area is 114 Å². The molecule has 0 unspecified atom stereocenters. The van der Waals surface area contributed by atoms with Gasteiger partial charge in [0, 0.05) is 10.6 Å². The first-order chi connectivity index (χ1) is 8.61. The van der Waals surface area contributed by atoms with Crippen molar-refractivity contribution in [2.24, 2.45) is 5.84 Å². The zero-order valence-electron chi connectivity index (χ0n) is 9.54. The second kappa shape index (κ2) is 5.39. The Balaban J connectivity index is 2.34. The van der Waals surface area contributed by atoms with E-state index in [1.165, 1.54) is 6.33 Å². The van der Waals surface area contributed by atoms with Gasteiger partial charge in [0.05, 0.1) is 10.7 Å². The topological polar surface area (TPSA) is 75.9 Å². The van der Waals surface area contributed by atoms with E-state index in [-0.39, 0.29) is 0 Å². The Morgan fingerprint density at radius 3 is 2.56 bits per heavy atom. The maximum absolute atomic E-state index is 6.07. The highest BCUT2D eigenvalue weighted by Gasteiger charge is 2.08. The summed E-state index contributed by atoms with van der Waals surface area (Å²) in [5, 5.41) is 4.20. The molecule has 0 saturated heterocycles. The fourth-order valence-electron chi connectivity index (χ4n) is 1.44. The molecular weight excluding hydrogens is 273 g/mol. The molecule has 0 radical (unpaired) electrons. The number of rotatable bonds is 3. The van der Waals surface area contributed by atoms with Crippen molar-refractivity contribution in [2.45, 2.75) is 6.92 Å². The summed E-state index contributed by atoms with van der Waals surface area (Å²) in [6, 6.07) is 5.18. The number of nitrogen functional groups attached to an aromatic ring is 1. The molecule has 0 fully saturated rings. The molecule has 0 aliphatic rings. The molecule has 2 rings (SSSR count). The van der Waals surface area contributed by atoms with Gasteiger partial charge >= 0.3 is 0 Å². The van der Waals surface area contributed by atoms with E-state index in [0.717, 1.165) is 5.56 Å². The summed E-state index contributed by atoms with van der Waals surface area (Å²) in [4.78, 5) is 8.13. The largest absolute Gasteiger partial charge is 0.339 e. The molecule has 0 atom stereocenters. The number of hydrogen-bond donors (Lipinski definition) is 3. The summed E-state index contributed by atoms with van der Waals surface area (Å²) in [7, 11) is 0. The fraction of sp³-hybridized carbons (Fsp3) is 0.0909. The van der Waals surface area contributed by atoms with Gasteiger partial charge in [-0.2, -0.15) is 0 Å². The predicted octanol–water partition coefficient (Wildman–Crippen LogP) is 3.12. The van der Waals surface area contributed by atoms with Gasteiger partial charge in [0.2, 0.25) is 0 Å². The number of anilines is 3. The average molecular weight is 284 g/mol. The van der Waals surface area contributed by atoms with E-state index >= 15 is 0 Å². The van der Waals surface area contributed by atoms with E-state index in [0.29, 0.717) is 27.4 Å². The number of benzene rings is 1. The van der Waals surface area contributed by atoms with Crippen LogP contribution in [0.25, 0.3) is 0 Å². The number of nitrogens with two attached hydrogens (primary N) is 1. The molecule has 0 bridgehead atoms. The van der Waals surface area contributed by atoms with Crippen molar-refractivity contribution in [2.75, 3.05) is 10.7 Å². The number of nitrogens with zero attached hydrogens (tertiary/aromatic N) is 2. The van der Waals surface area contributed by atoms with E-state index in [1.807, 2.05) is 6.92 Å². The molecule has 0 aliphatic heterocycles. The highest BCUT2D eigenvalue weighted by molar-refractivity contribution is 6.36. The van der Waals surface area contributed by atoms with E-state index in [2.05, 4.69) is 20.7 Å². The van der Waals surface area contributed by atoms with Gasteiger partial charge in [0.15, 0.2) is 0 Å². The molecule has 0 spiro atoms. The third kappa shape index (κ3) is 2.64. The summed E-state index contributed by atoms with van der Waals surface area (Å²) >= 11 is 11.9. The minimum absolute atomic E-state index is 0.516. The van der Waals surface area contributed by atoms with Crippen LogP contribution in [0.15, 0.2) is 24.5 Å². The summed E-state index contributed by atoms with van der Waals surface area (Å²) in [5.41, 5.74) is 4.01. The van der Waals surface area contributed by atoms with Gasteiger partial charge in [-0.05, 0) is 25.1 Å². The van der Waals surface area contributed by atoms with Crippen LogP contribution in [0.1, 0.15) is 5.56 Å². The smallest absolute Gasteiger partial charge is 0.148 e. The molecule has 1 heterocycles. The van der Waals surface area contributed by atoms with Crippen LogP contribution in [0.5, 0.6) is 0 Å². The molecule has 18 heavy (non-hydrogen) atoms. The van der Waals surface area contributed by atoms with Crippen LogP contribution in [-0.4, -0.2) is 9.97 Å². The van der Waals surface area contributed by atoms with Crippen molar-refractivity contribution in [3.05, 3.63) is 40.1 Å². The zero-order valence-corrected chi connectivity index (χ0v) is 11.0. The highest BCUT2D eigenvalue weighted by atomic mass is 35.5. The molecule has 94 valence electrons. The van der Waals surface area contributed by atoms with Gasteiger partial charge in [0.1, 0.15) is 18.0 Å². The van der Waals surface area contributed by atoms with Crippen LogP contribution in [0.3, 0.4) is 0 Å². The Kier molecular flexibility index (Phi) is 3.86. The summed E-state index contributed by atoms with van der Waals surface area (Å²) in [6.45, 7) is 1.85. The average Bonchev–Trinajstić information content (AvgIpc) is 2.35. The van der Waals surface area contributed by atoms with Crippen LogP contribution in [0, 0.1) is 6.92 Å². The monoisotopic (exact) mass is 283 g/mol. The molecule has 7 heteroatoms. The summed E-state index contributed by atoms with van der Waals surface area (Å²) in [6.07, 6.45) is 1.41. The van der Waals surface area contributed by atoms with Gasteiger partial charge in [-0.3, -0.25) is 0 Å². The first-order valence-electron chi connectivity index (χ1n) is 5.12. The van der Waals surface area contributed by atoms with Gasteiger partial charge in [-0.25, -0.2) is 15.8 Å². The Hall–Kier alpha value is -1.56. The fourth-order valence-corrected chi connectivity index (χ4v) is 1.90. The maximum atomic E-state index is 6.07. The Morgan fingerprint density at radius 1 is 1.17 bits per heavy atom. The second-order valence-electron chi connectivity index (χ2n) is 3.59. The standard InChI is InChI=1S/C11H11Cl2N5/c1-6-10(15-5-16-11(6)18-14)17-9-3-2-7(12)4-8(9)13/h2-5H,14H2,1H3,(H2,15,16,17,18). The second-order valence-corrected chi connectivity index (χ2v) is 4.43. The summed E-state index contributed by atoms with van der Waals surface area (Å²) < 4.78 is 0. The van der Waals surface area contributed by atoms with Crippen molar-refractivity contribution in [3.8, 4) is 0 Å². The van der Waals surface area contributed by atoms with Gasteiger partial charge < -0.3 is 10.7 Å². The molecule has 5 nitrogen and oxygen atoms in total. The zero-order chi connectivity index (χ0) is 13.1. The van der Waals surface area contributed by atoms with E-state index < -0.39 is 0 Å². The van der Waals surface area contributed by atoms with Crippen LogP contribution in [-0.2, 0) is 0 Å². The van der Waals surface area contributed by atoms with Gasteiger partial charge in [0.25, 0.3) is 0 Å². The molecule has 0 amide bonds. The van der Waals surface area contributed by atoms with Crippen molar-refractivity contribution in [1.82, 2.24) is 9.97 Å². The van der Waals surface area contributed by atoms with Crippen LogP contribution in [0.2, 0.25) is 10.0 Å². The molecule has 1 aromatic heterocycles. The van der Waals surface area contributed by atoms with Crippen LogP contribution < -0.4 is 16.6 Å². The van der Waals surface area contributed by atoms with Gasteiger partial charge in [-0.1, -0.05) is 23.2 Å². The molecule has 4 N–H and O–H groups in total. The minimum atomic E-state index is 0.516. The van der Waals surface area contributed by atoms with Crippen molar-refractivity contribution in [3.63, 3.8) is 0 Å². The normalized spacial score (nSPS) is 10.2. The van der Waals surface area contributed by atoms with E-state index in [4.69, 9.17) is 29.0 Å². The first kappa shape index (κ1) is 12.9. The molecule has 2 aromatic rings. The lowest BCUT2D eigenvalue weighted by Crippen LogP contribution is -2.11. The van der Waals surface area contributed by atoms with Crippen molar-refractivity contribution >= 4 is 40.5 Å². The molecule has 0 aliphatic carbocycles. The minimum Gasteiger partial charge on any atom is -0.339 e. The van der Waals surface area contributed by atoms with Crippen LogP contribution in [0.4, 0.5) is 17.3 Å². The molecule has 1 aromatic carbocycles. The third-order valence-corrected chi connectivity index (χ3v) is 2.95. The maximum Gasteiger partial charge on any atom is 0.148 e. The lowest BCUT2D eigenvalue weighted by atomic mass is 10.2. The van der Waals surface area contributed by atoms with Crippen molar-refractivity contribution in [1.29, 1.82) is 0 Å². The Bertz CT molecular complexity index is 573. The number of aromatic nitrogens is 2. The number of hydrazine groups is 1. The van der Waals surface area contributed by atoms with E-state index in [1.54, 1.807) is 18.2 Å². The molecular formula is C11H11Cl2N5. The predicted molar refractivity (Wildman–Crippen MR) is 74.3 cm³/mol. The number of nitrogens with one attached hydrogen (secondary N) is 2. The highest BCUT2D eigenvalue weighted by Crippen LogP contribution is 2.29. The quantitative estimate of drug-likeness (QED) is 0.596.